The quantitative estimate of drug-likeness (QED) is 0.874. The topological polar surface area (TPSA) is 71.2 Å². The Balaban J connectivity index is 1.97. The number of amides is 1. The lowest BCUT2D eigenvalue weighted by Crippen LogP contribution is -2.36. The van der Waals surface area contributed by atoms with Crippen LogP contribution in [0.3, 0.4) is 0 Å². The predicted molar refractivity (Wildman–Crippen MR) is 70.8 cm³/mol. The maximum atomic E-state index is 11.6. The van der Waals surface area contributed by atoms with Gasteiger partial charge < -0.3 is 16.0 Å². The predicted octanol–water partition coefficient (Wildman–Crippen LogP) is 1.14. The number of pyridine rings is 1. The van der Waals surface area contributed by atoms with Crippen molar-refractivity contribution in [2.45, 2.75) is 18.9 Å². The van der Waals surface area contributed by atoms with Crippen molar-refractivity contribution in [3.63, 3.8) is 0 Å². The molecule has 1 fully saturated rings. The minimum Gasteiger partial charge on any atom is -0.397 e. The van der Waals surface area contributed by atoms with Gasteiger partial charge in [0.15, 0.2) is 0 Å². The lowest BCUT2D eigenvalue weighted by Gasteiger charge is -2.19. The van der Waals surface area contributed by atoms with Crippen molar-refractivity contribution in [2.75, 3.05) is 24.2 Å². The summed E-state index contributed by atoms with van der Waals surface area (Å²) >= 11 is 3.38. The molecule has 17 heavy (non-hydrogen) atoms. The van der Waals surface area contributed by atoms with Gasteiger partial charge in [0.2, 0.25) is 5.91 Å². The summed E-state index contributed by atoms with van der Waals surface area (Å²) in [6.07, 6.45) is 3.77. The molecule has 1 aliphatic carbocycles. The van der Waals surface area contributed by atoms with Crippen LogP contribution in [0.25, 0.3) is 0 Å². The van der Waals surface area contributed by atoms with Crippen molar-refractivity contribution < 1.29 is 4.79 Å². The number of aromatic nitrogens is 1. The fourth-order valence-electron chi connectivity index (χ4n) is 1.52. The number of nitrogen functional groups attached to an aromatic ring is 1. The monoisotopic (exact) mass is 298 g/mol. The molecule has 0 unspecified atom stereocenters. The molecule has 2 rings (SSSR count). The van der Waals surface area contributed by atoms with Gasteiger partial charge in [-0.25, -0.2) is 4.98 Å². The van der Waals surface area contributed by atoms with Gasteiger partial charge in [0.1, 0.15) is 5.82 Å². The number of nitrogens with two attached hydrogens (primary N) is 1. The molecule has 1 aromatic heterocycles. The van der Waals surface area contributed by atoms with Gasteiger partial charge in [0.05, 0.1) is 22.9 Å². The van der Waals surface area contributed by atoms with E-state index in [9.17, 15) is 4.79 Å². The minimum atomic E-state index is 0.0283. The summed E-state index contributed by atoms with van der Waals surface area (Å²) in [7, 11) is 1.83. The summed E-state index contributed by atoms with van der Waals surface area (Å²) < 4.78 is 0.791. The summed E-state index contributed by atoms with van der Waals surface area (Å²) in [5.41, 5.74) is 6.21. The molecule has 1 amide bonds. The van der Waals surface area contributed by atoms with E-state index in [0.29, 0.717) is 24.1 Å². The minimum absolute atomic E-state index is 0.0283. The van der Waals surface area contributed by atoms with Crippen LogP contribution in [-0.4, -0.2) is 30.5 Å². The second kappa shape index (κ2) is 4.91. The van der Waals surface area contributed by atoms with Crippen LogP contribution in [0.15, 0.2) is 16.7 Å². The van der Waals surface area contributed by atoms with Gasteiger partial charge in [-0.2, -0.15) is 0 Å². The first-order valence-corrected chi connectivity index (χ1v) is 6.27. The lowest BCUT2D eigenvalue weighted by molar-refractivity contribution is -0.119. The van der Waals surface area contributed by atoms with Gasteiger partial charge >= 0.3 is 0 Å². The van der Waals surface area contributed by atoms with Crippen LogP contribution in [0.5, 0.6) is 0 Å². The number of nitrogens with zero attached hydrogens (tertiary/aromatic N) is 2. The molecule has 5 nitrogen and oxygen atoms in total. The first-order valence-electron chi connectivity index (χ1n) is 5.48. The molecule has 0 aromatic carbocycles. The number of nitrogens with one attached hydrogen (secondary N) is 1. The third-order valence-corrected chi connectivity index (χ3v) is 3.11. The fourth-order valence-corrected chi connectivity index (χ4v) is 2.19. The molecule has 92 valence electrons. The number of carbonyl (C=O) groups excluding carboxylic acids is 1. The zero-order valence-corrected chi connectivity index (χ0v) is 11.2. The number of likely N-dealkylation sites (N-methyl/N-ethyl adjacent to an activating group) is 1. The van der Waals surface area contributed by atoms with Crippen LogP contribution in [0.1, 0.15) is 12.8 Å². The standard InChI is InChI=1S/C11H15BrN4O/c1-16(6-10(17)15-8-2-3-8)11-9(12)4-7(13)5-14-11/h4-5,8H,2-3,6,13H2,1H3,(H,15,17). The van der Waals surface area contributed by atoms with E-state index in [2.05, 4.69) is 26.2 Å². The molecule has 6 heteroatoms. The summed E-state index contributed by atoms with van der Waals surface area (Å²) in [6.45, 7) is 0.298. The number of rotatable bonds is 4. The Morgan fingerprint density at radius 3 is 3.00 bits per heavy atom. The van der Waals surface area contributed by atoms with Crippen molar-refractivity contribution in [3.8, 4) is 0 Å². The molecule has 0 bridgehead atoms. The van der Waals surface area contributed by atoms with Crippen molar-refractivity contribution in [2.24, 2.45) is 0 Å². The second-order valence-corrected chi connectivity index (χ2v) is 5.13. The highest BCUT2D eigenvalue weighted by Crippen LogP contribution is 2.24. The molecule has 1 saturated carbocycles. The van der Waals surface area contributed by atoms with Crippen LogP contribution in [0.4, 0.5) is 11.5 Å². The van der Waals surface area contributed by atoms with E-state index in [1.807, 2.05) is 7.05 Å². The van der Waals surface area contributed by atoms with Crippen LogP contribution in [0.2, 0.25) is 0 Å². The average molecular weight is 299 g/mol. The van der Waals surface area contributed by atoms with E-state index < -0.39 is 0 Å². The molecule has 0 saturated heterocycles. The number of carbonyl (C=O) groups is 1. The Hall–Kier alpha value is -1.30. The maximum absolute atomic E-state index is 11.6. The highest BCUT2D eigenvalue weighted by molar-refractivity contribution is 9.10. The molecular formula is C11H15BrN4O. The molecule has 3 N–H and O–H groups in total. The van der Waals surface area contributed by atoms with Crippen LogP contribution in [-0.2, 0) is 4.79 Å². The number of hydrogen-bond donors (Lipinski definition) is 2. The normalized spacial score (nSPS) is 14.5. The SMILES string of the molecule is CN(CC(=O)NC1CC1)c1ncc(N)cc1Br. The summed E-state index contributed by atoms with van der Waals surface area (Å²) in [5, 5.41) is 2.94. The fraction of sp³-hybridized carbons (Fsp3) is 0.455. The molecule has 0 atom stereocenters. The zero-order chi connectivity index (χ0) is 12.4. The van der Waals surface area contributed by atoms with Crippen LogP contribution < -0.4 is 16.0 Å². The molecule has 1 aliphatic rings. The van der Waals surface area contributed by atoms with E-state index in [4.69, 9.17) is 5.73 Å². The molecule has 0 spiro atoms. The van der Waals surface area contributed by atoms with Gasteiger partial charge in [0.25, 0.3) is 0 Å². The van der Waals surface area contributed by atoms with E-state index in [-0.39, 0.29) is 5.91 Å². The van der Waals surface area contributed by atoms with Crippen molar-refractivity contribution in [1.29, 1.82) is 0 Å². The van der Waals surface area contributed by atoms with Crippen molar-refractivity contribution in [3.05, 3.63) is 16.7 Å². The number of halogens is 1. The van der Waals surface area contributed by atoms with Crippen LogP contribution >= 0.6 is 15.9 Å². The summed E-state index contributed by atoms with van der Waals surface area (Å²) in [6, 6.07) is 2.16. The smallest absolute Gasteiger partial charge is 0.239 e. The average Bonchev–Trinajstić information content (AvgIpc) is 3.00. The second-order valence-electron chi connectivity index (χ2n) is 4.27. The van der Waals surface area contributed by atoms with Crippen LogP contribution in [0, 0.1) is 0 Å². The van der Waals surface area contributed by atoms with Gasteiger partial charge in [-0.15, -0.1) is 0 Å². The maximum Gasteiger partial charge on any atom is 0.239 e. The largest absolute Gasteiger partial charge is 0.397 e. The van der Waals surface area contributed by atoms with E-state index in [1.165, 1.54) is 0 Å². The van der Waals surface area contributed by atoms with E-state index >= 15 is 0 Å². The van der Waals surface area contributed by atoms with E-state index in [1.54, 1.807) is 17.2 Å². The Morgan fingerprint density at radius 1 is 1.71 bits per heavy atom. The Morgan fingerprint density at radius 2 is 2.41 bits per heavy atom. The molecule has 1 heterocycles. The summed E-state index contributed by atoms with van der Waals surface area (Å²) in [4.78, 5) is 17.6. The molecule has 1 aromatic rings. The van der Waals surface area contributed by atoms with Crippen molar-refractivity contribution in [1.82, 2.24) is 10.3 Å². The first kappa shape index (κ1) is 12.2. The summed E-state index contributed by atoms with van der Waals surface area (Å²) in [5.74, 6) is 0.741. The molecule has 0 aliphatic heterocycles. The third-order valence-electron chi connectivity index (χ3n) is 2.53. The molecular weight excluding hydrogens is 284 g/mol. The number of hydrogen-bond acceptors (Lipinski definition) is 4. The Labute approximate surface area is 109 Å². The van der Waals surface area contributed by atoms with Gasteiger partial charge in [-0.05, 0) is 34.8 Å². The highest BCUT2D eigenvalue weighted by atomic mass is 79.9. The molecule has 0 radical (unpaired) electrons. The lowest BCUT2D eigenvalue weighted by atomic mass is 10.4. The first-order chi connectivity index (χ1) is 8.06. The third kappa shape index (κ3) is 3.33. The number of anilines is 2. The Bertz CT molecular complexity index is 433. The Kier molecular flexibility index (Phi) is 3.51. The van der Waals surface area contributed by atoms with Gasteiger partial charge in [-0.1, -0.05) is 0 Å². The van der Waals surface area contributed by atoms with Crippen molar-refractivity contribution >= 4 is 33.3 Å². The van der Waals surface area contributed by atoms with Gasteiger partial charge in [0, 0.05) is 13.1 Å². The van der Waals surface area contributed by atoms with E-state index in [0.717, 1.165) is 17.3 Å². The highest BCUT2D eigenvalue weighted by Gasteiger charge is 2.23. The zero-order valence-electron chi connectivity index (χ0n) is 9.61. The van der Waals surface area contributed by atoms with Gasteiger partial charge in [-0.3, -0.25) is 4.79 Å².